The van der Waals surface area contributed by atoms with Crippen LogP contribution in [0.15, 0.2) is 54.6 Å². The van der Waals surface area contributed by atoms with E-state index >= 15 is 0 Å². The Balaban J connectivity index is 1.75. The minimum Gasteiger partial charge on any atom is -0.493 e. The van der Waals surface area contributed by atoms with Crippen molar-refractivity contribution in [2.24, 2.45) is 0 Å². The van der Waals surface area contributed by atoms with Gasteiger partial charge in [0.1, 0.15) is 11.6 Å². The lowest BCUT2D eigenvalue weighted by Gasteiger charge is -2.14. The molecular formula is C25H19ClF4N4O5. The first kappa shape index (κ1) is 27.5. The zero-order chi connectivity index (χ0) is 28.3. The van der Waals surface area contributed by atoms with Crippen molar-refractivity contribution in [2.75, 3.05) is 26.6 Å². The summed E-state index contributed by atoms with van der Waals surface area (Å²) in [5, 5.41) is 6.59. The number of nitrogens with zero attached hydrogens (tertiary/aromatic N) is 3. The molecule has 0 saturated carbocycles. The number of amides is 1. The number of halogens is 5. The predicted molar refractivity (Wildman–Crippen MR) is 132 cm³/mol. The van der Waals surface area contributed by atoms with Crippen LogP contribution in [-0.2, 0) is 0 Å². The zero-order valence-corrected chi connectivity index (χ0v) is 21.2. The lowest BCUT2D eigenvalue weighted by molar-refractivity contribution is -0.274. The standard InChI is InChI=1S/C25H19ClF4N4O5/c1-36-19-10-13(11-20(37-2)21(19)38-3)23-32-22(33-34(23)15-6-9-18(27)17(26)12-15)24(35)31-14-4-7-16(8-5-14)39-25(28,29)30/h4-12H,1-3H3,(H,31,35). The van der Waals surface area contributed by atoms with Crippen molar-refractivity contribution >= 4 is 23.2 Å². The molecule has 3 aromatic carbocycles. The summed E-state index contributed by atoms with van der Waals surface area (Å²) in [6, 6.07) is 11.5. The van der Waals surface area contributed by atoms with Crippen LogP contribution in [0, 0.1) is 5.82 Å². The Hall–Kier alpha value is -4.52. The van der Waals surface area contributed by atoms with Gasteiger partial charge in [-0.2, -0.15) is 0 Å². The van der Waals surface area contributed by atoms with Crippen LogP contribution in [0.4, 0.5) is 23.2 Å². The minimum absolute atomic E-state index is 0.135. The Morgan fingerprint density at radius 1 is 0.949 bits per heavy atom. The van der Waals surface area contributed by atoms with Crippen molar-refractivity contribution in [3.8, 4) is 40.1 Å². The minimum atomic E-state index is -4.85. The second-order valence-corrected chi connectivity index (χ2v) is 8.12. The fourth-order valence-electron chi connectivity index (χ4n) is 3.53. The van der Waals surface area contributed by atoms with Gasteiger partial charge >= 0.3 is 6.36 Å². The van der Waals surface area contributed by atoms with E-state index in [9.17, 15) is 22.4 Å². The quantitative estimate of drug-likeness (QED) is 0.265. The van der Waals surface area contributed by atoms with Gasteiger partial charge in [0, 0.05) is 11.3 Å². The number of carbonyl (C=O) groups excluding carboxylic acids is 1. The maximum Gasteiger partial charge on any atom is 0.573 e. The number of alkyl halides is 3. The second kappa shape index (κ2) is 11.1. The van der Waals surface area contributed by atoms with Crippen molar-refractivity contribution in [3.05, 3.63) is 71.3 Å². The van der Waals surface area contributed by atoms with Gasteiger partial charge in [-0.25, -0.2) is 14.1 Å². The Bertz CT molecular complexity index is 1480. The monoisotopic (exact) mass is 566 g/mol. The van der Waals surface area contributed by atoms with Gasteiger partial charge in [0.05, 0.1) is 32.0 Å². The normalized spacial score (nSPS) is 11.2. The number of hydrogen-bond acceptors (Lipinski definition) is 7. The molecule has 0 aliphatic heterocycles. The smallest absolute Gasteiger partial charge is 0.493 e. The second-order valence-electron chi connectivity index (χ2n) is 7.71. The van der Waals surface area contributed by atoms with Crippen LogP contribution in [0.2, 0.25) is 5.02 Å². The molecule has 0 atom stereocenters. The molecule has 1 aromatic heterocycles. The fourth-order valence-corrected chi connectivity index (χ4v) is 3.70. The summed E-state index contributed by atoms with van der Waals surface area (Å²) in [6.07, 6.45) is -4.85. The van der Waals surface area contributed by atoms with Crippen molar-refractivity contribution in [3.63, 3.8) is 0 Å². The van der Waals surface area contributed by atoms with Crippen molar-refractivity contribution in [1.82, 2.24) is 14.8 Å². The number of carbonyl (C=O) groups is 1. The van der Waals surface area contributed by atoms with E-state index in [2.05, 4.69) is 20.1 Å². The Labute approximate surface area is 223 Å². The molecule has 0 fully saturated rings. The Morgan fingerprint density at radius 3 is 2.13 bits per heavy atom. The van der Waals surface area contributed by atoms with Crippen molar-refractivity contribution in [1.29, 1.82) is 0 Å². The highest BCUT2D eigenvalue weighted by molar-refractivity contribution is 6.30. The summed E-state index contributed by atoms with van der Waals surface area (Å²) in [4.78, 5) is 17.4. The summed E-state index contributed by atoms with van der Waals surface area (Å²) in [7, 11) is 4.29. The van der Waals surface area contributed by atoms with E-state index in [1.54, 1.807) is 12.1 Å². The van der Waals surface area contributed by atoms with Gasteiger partial charge in [-0.1, -0.05) is 11.6 Å². The van der Waals surface area contributed by atoms with Gasteiger partial charge < -0.3 is 24.3 Å². The zero-order valence-electron chi connectivity index (χ0n) is 20.5. The molecule has 4 rings (SSSR count). The topological polar surface area (TPSA) is 96.7 Å². The van der Waals surface area contributed by atoms with Crippen LogP contribution in [0.1, 0.15) is 10.6 Å². The molecule has 0 unspecified atom stereocenters. The molecule has 9 nitrogen and oxygen atoms in total. The van der Waals surface area contributed by atoms with Crippen LogP contribution in [0.5, 0.6) is 23.0 Å². The third kappa shape index (κ3) is 6.14. The van der Waals surface area contributed by atoms with Gasteiger partial charge in [-0.3, -0.25) is 4.79 Å². The van der Waals surface area contributed by atoms with Crippen LogP contribution < -0.4 is 24.3 Å². The van der Waals surface area contributed by atoms with Crippen LogP contribution in [0.25, 0.3) is 17.1 Å². The Kier molecular flexibility index (Phi) is 7.81. The fraction of sp³-hybridized carbons (Fsp3) is 0.160. The van der Waals surface area contributed by atoms with E-state index in [0.29, 0.717) is 22.8 Å². The molecule has 1 N–H and O–H groups in total. The lowest BCUT2D eigenvalue weighted by atomic mass is 10.1. The first-order valence-electron chi connectivity index (χ1n) is 10.9. The molecule has 0 saturated heterocycles. The predicted octanol–water partition coefficient (Wildman–Crippen LogP) is 5.90. The highest BCUT2D eigenvalue weighted by atomic mass is 35.5. The van der Waals surface area contributed by atoms with E-state index in [4.69, 9.17) is 25.8 Å². The van der Waals surface area contributed by atoms with Gasteiger partial charge in [-0.15, -0.1) is 18.3 Å². The molecule has 0 aliphatic rings. The number of rotatable bonds is 8. The van der Waals surface area contributed by atoms with Crippen LogP contribution in [0.3, 0.4) is 0 Å². The average molecular weight is 567 g/mol. The highest BCUT2D eigenvalue weighted by Crippen LogP contribution is 2.41. The summed E-state index contributed by atoms with van der Waals surface area (Å²) >= 11 is 5.97. The molecule has 0 radical (unpaired) electrons. The van der Waals surface area contributed by atoms with Gasteiger partial charge in [-0.05, 0) is 54.6 Å². The van der Waals surface area contributed by atoms with E-state index in [-0.39, 0.29) is 28.0 Å². The molecular weight excluding hydrogens is 548 g/mol. The maximum atomic E-state index is 13.9. The van der Waals surface area contributed by atoms with E-state index in [1.807, 2.05) is 0 Å². The van der Waals surface area contributed by atoms with Gasteiger partial charge in [0.15, 0.2) is 17.3 Å². The number of aromatic nitrogens is 3. The molecule has 0 aliphatic carbocycles. The summed E-state index contributed by atoms with van der Waals surface area (Å²) in [6.45, 7) is 0. The summed E-state index contributed by atoms with van der Waals surface area (Å²) in [5.74, 6) is -1.16. The SMILES string of the molecule is COc1cc(-c2nc(C(=O)Nc3ccc(OC(F)(F)F)cc3)nn2-c2ccc(F)c(Cl)c2)cc(OC)c1OC. The number of anilines is 1. The average Bonchev–Trinajstić information content (AvgIpc) is 3.35. The first-order valence-corrected chi connectivity index (χ1v) is 11.3. The molecule has 4 aromatic rings. The third-order valence-corrected chi connectivity index (χ3v) is 5.52. The molecule has 1 amide bonds. The molecule has 0 spiro atoms. The van der Waals surface area contributed by atoms with Crippen LogP contribution >= 0.6 is 11.6 Å². The summed E-state index contributed by atoms with van der Waals surface area (Å²) in [5.41, 5.74) is 0.834. The van der Waals surface area contributed by atoms with Crippen LogP contribution in [-0.4, -0.2) is 48.4 Å². The summed E-state index contributed by atoms with van der Waals surface area (Å²) < 4.78 is 72.3. The van der Waals surface area contributed by atoms with Crippen molar-refractivity contribution < 1.29 is 41.3 Å². The Morgan fingerprint density at radius 2 is 1.59 bits per heavy atom. The largest absolute Gasteiger partial charge is 0.573 e. The van der Waals surface area contributed by atoms with Crippen molar-refractivity contribution in [2.45, 2.75) is 6.36 Å². The lowest BCUT2D eigenvalue weighted by Crippen LogP contribution is -2.17. The van der Waals surface area contributed by atoms with Gasteiger partial charge in [0.25, 0.3) is 5.91 Å². The van der Waals surface area contributed by atoms with Gasteiger partial charge in [0.2, 0.25) is 11.6 Å². The highest BCUT2D eigenvalue weighted by Gasteiger charge is 2.31. The number of ether oxygens (including phenoxy) is 4. The number of methoxy groups -OCH3 is 3. The molecule has 14 heteroatoms. The number of benzene rings is 3. The molecule has 204 valence electrons. The molecule has 0 bridgehead atoms. The number of nitrogens with one attached hydrogen (secondary N) is 1. The maximum absolute atomic E-state index is 13.9. The first-order chi connectivity index (χ1) is 18.5. The molecule has 1 heterocycles. The van der Waals surface area contributed by atoms with E-state index in [1.165, 1.54) is 50.3 Å². The third-order valence-electron chi connectivity index (χ3n) is 5.23. The number of hydrogen-bond donors (Lipinski definition) is 1. The van der Waals surface area contributed by atoms with E-state index < -0.39 is 23.8 Å². The van der Waals surface area contributed by atoms with E-state index in [0.717, 1.165) is 18.2 Å². The molecule has 39 heavy (non-hydrogen) atoms.